The Morgan fingerprint density at radius 1 is 1.32 bits per heavy atom. The standard InChI is InChI=1S/C14H26N4S/c1-6-15-14(16-7-10(2)3)17-8-13-18-12(9-19-13)11(4)5/h9-11H,6-8H2,1-5H3,(H2,15,16,17). The molecule has 1 aromatic rings. The van der Waals surface area contributed by atoms with Crippen molar-refractivity contribution in [3.05, 3.63) is 16.1 Å². The average molecular weight is 282 g/mol. The number of nitrogens with zero attached hydrogens (tertiary/aromatic N) is 2. The number of aromatic nitrogens is 1. The van der Waals surface area contributed by atoms with Crippen molar-refractivity contribution in [3.63, 3.8) is 0 Å². The molecule has 0 fully saturated rings. The highest BCUT2D eigenvalue weighted by Gasteiger charge is 2.05. The summed E-state index contributed by atoms with van der Waals surface area (Å²) in [6.07, 6.45) is 0. The van der Waals surface area contributed by atoms with Crippen molar-refractivity contribution in [2.45, 2.75) is 47.1 Å². The molecule has 0 bridgehead atoms. The number of hydrogen-bond acceptors (Lipinski definition) is 3. The van der Waals surface area contributed by atoms with E-state index in [9.17, 15) is 0 Å². The lowest BCUT2D eigenvalue weighted by Crippen LogP contribution is -2.39. The molecule has 0 aromatic carbocycles. The number of rotatable bonds is 6. The van der Waals surface area contributed by atoms with Crippen LogP contribution in [0.5, 0.6) is 0 Å². The molecule has 0 aliphatic carbocycles. The van der Waals surface area contributed by atoms with Crippen molar-refractivity contribution >= 4 is 17.3 Å². The molecule has 0 unspecified atom stereocenters. The lowest BCUT2D eigenvalue weighted by atomic mass is 10.2. The molecule has 4 nitrogen and oxygen atoms in total. The Morgan fingerprint density at radius 2 is 2.05 bits per heavy atom. The van der Waals surface area contributed by atoms with Gasteiger partial charge in [-0.15, -0.1) is 11.3 Å². The fourth-order valence-electron chi connectivity index (χ4n) is 1.45. The fraction of sp³-hybridized carbons (Fsp3) is 0.714. The Morgan fingerprint density at radius 3 is 2.58 bits per heavy atom. The van der Waals surface area contributed by atoms with Gasteiger partial charge in [-0.1, -0.05) is 27.7 Å². The van der Waals surface area contributed by atoms with Crippen LogP contribution in [-0.2, 0) is 6.54 Å². The SMILES string of the molecule is CCNC(=NCc1nc(C(C)C)cs1)NCC(C)C. The van der Waals surface area contributed by atoms with Crippen LogP contribution in [0.2, 0.25) is 0 Å². The first-order valence-electron chi connectivity index (χ1n) is 6.99. The second-order valence-electron chi connectivity index (χ2n) is 5.29. The van der Waals surface area contributed by atoms with Crippen LogP contribution >= 0.6 is 11.3 Å². The van der Waals surface area contributed by atoms with Crippen LogP contribution in [-0.4, -0.2) is 24.0 Å². The predicted octanol–water partition coefficient (Wildman–Crippen LogP) is 2.98. The van der Waals surface area contributed by atoms with E-state index < -0.39 is 0 Å². The van der Waals surface area contributed by atoms with E-state index in [-0.39, 0.29) is 0 Å². The summed E-state index contributed by atoms with van der Waals surface area (Å²) in [7, 11) is 0. The molecule has 5 heteroatoms. The monoisotopic (exact) mass is 282 g/mol. The van der Waals surface area contributed by atoms with E-state index in [1.54, 1.807) is 11.3 Å². The predicted molar refractivity (Wildman–Crippen MR) is 83.9 cm³/mol. The molecule has 0 radical (unpaired) electrons. The van der Waals surface area contributed by atoms with E-state index in [2.05, 4.69) is 60.6 Å². The van der Waals surface area contributed by atoms with Gasteiger partial charge in [0.05, 0.1) is 12.2 Å². The molecule has 1 heterocycles. The van der Waals surface area contributed by atoms with E-state index in [4.69, 9.17) is 0 Å². The molecular weight excluding hydrogens is 256 g/mol. The largest absolute Gasteiger partial charge is 0.357 e. The zero-order valence-electron chi connectivity index (χ0n) is 12.7. The van der Waals surface area contributed by atoms with Crippen LogP contribution in [0.4, 0.5) is 0 Å². The van der Waals surface area contributed by atoms with Gasteiger partial charge in [0.2, 0.25) is 0 Å². The van der Waals surface area contributed by atoms with Gasteiger partial charge in [-0.2, -0.15) is 0 Å². The first-order valence-corrected chi connectivity index (χ1v) is 7.87. The Labute approximate surface area is 120 Å². The third-order valence-electron chi connectivity index (χ3n) is 2.56. The summed E-state index contributed by atoms with van der Waals surface area (Å²) in [6, 6.07) is 0. The summed E-state index contributed by atoms with van der Waals surface area (Å²) < 4.78 is 0. The number of aliphatic imine (C=N–C) groups is 1. The van der Waals surface area contributed by atoms with Gasteiger partial charge in [0.1, 0.15) is 5.01 Å². The van der Waals surface area contributed by atoms with Crippen molar-refractivity contribution in [1.29, 1.82) is 0 Å². The van der Waals surface area contributed by atoms with Gasteiger partial charge in [0, 0.05) is 18.5 Å². The van der Waals surface area contributed by atoms with Crippen molar-refractivity contribution in [2.24, 2.45) is 10.9 Å². The molecule has 0 spiro atoms. The Kier molecular flexibility index (Phi) is 6.84. The van der Waals surface area contributed by atoms with E-state index >= 15 is 0 Å². The normalized spacial score (nSPS) is 12.3. The average Bonchev–Trinajstić information content (AvgIpc) is 2.81. The van der Waals surface area contributed by atoms with Crippen molar-refractivity contribution in [1.82, 2.24) is 15.6 Å². The quantitative estimate of drug-likeness (QED) is 0.623. The summed E-state index contributed by atoms with van der Waals surface area (Å²) in [5.41, 5.74) is 1.16. The topological polar surface area (TPSA) is 49.3 Å². The van der Waals surface area contributed by atoms with Gasteiger partial charge in [-0.25, -0.2) is 9.98 Å². The molecule has 1 rings (SSSR count). The molecule has 2 N–H and O–H groups in total. The van der Waals surface area contributed by atoms with Gasteiger partial charge in [0.25, 0.3) is 0 Å². The van der Waals surface area contributed by atoms with Gasteiger partial charge in [-0.3, -0.25) is 0 Å². The van der Waals surface area contributed by atoms with Crippen molar-refractivity contribution in [3.8, 4) is 0 Å². The minimum absolute atomic E-state index is 0.487. The molecule has 0 aliphatic heterocycles. The maximum absolute atomic E-state index is 4.59. The third kappa shape index (κ3) is 6.05. The molecule has 0 aliphatic rings. The van der Waals surface area contributed by atoms with Crippen LogP contribution in [0.3, 0.4) is 0 Å². The zero-order valence-corrected chi connectivity index (χ0v) is 13.5. The molecule has 1 aromatic heterocycles. The summed E-state index contributed by atoms with van der Waals surface area (Å²) in [4.78, 5) is 9.16. The number of hydrogen-bond donors (Lipinski definition) is 2. The second-order valence-corrected chi connectivity index (χ2v) is 6.23. The maximum Gasteiger partial charge on any atom is 0.191 e. The van der Waals surface area contributed by atoms with E-state index in [0.29, 0.717) is 18.4 Å². The maximum atomic E-state index is 4.59. The van der Waals surface area contributed by atoms with E-state index in [1.165, 1.54) is 0 Å². The van der Waals surface area contributed by atoms with Crippen LogP contribution < -0.4 is 10.6 Å². The highest BCUT2D eigenvalue weighted by molar-refractivity contribution is 7.09. The lowest BCUT2D eigenvalue weighted by molar-refractivity contribution is 0.615. The van der Waals surface area contributed by atoms with Crippen molar-refractivity contribution in [2.75, 3.05) is 13.1 Å². The minimum Gasteiger partial charge on any atom is -0.357 e. The fourth-order valence-corrected chi connectivity index (χ4v) is 2.33. The smallest absolute Gasteiger partial charge is 0.191 e. The molecule has 0 saturated heterocycles. The number of thiazole rings is 1. The van der Waals surface area contributed by atoms with E-state index in [1.807, 2.05) is 0 Å². The Hall–Kier alpha value is -1.10. The van der Waals surface area contributed by atoms with Gasteiger partial charge in [-0.05, 0) is 18.8 Å². The molecule has 0 amide bonds. The van der Waals surface area contributed by atoms with Crippen molar-refractivity contribution < 1.29 is 0 Å². The van der Waals surface area contributed by atoms with Crippen LogP contribution in [0.15, 0.2) is 10.4 Å². The molecule has 0 saturated carbocycles. The van der Waals surface area contributed by atoms with Crippen LogP contribution in [0.25, 0.3) is 0 Å². The molecule has 19 heavy (non-hydrogen) atoms. The third-order valence-corrected chi connectivity index (χ3v) is 3.41. The van der Waals surface area contributed by atoms with Crippen LogP contribution in [0.1, 0.15) is 51.2 Å². The molecule has 108 valence electrons. The van der Waals surface area contributed by atoms with Crippen LogP contribution in [0, 0.1) is 5.92 Å². The van der Waals surface area contributed by atoms with Gasteiger partial charge in [0.15, 0.2) is 5.96 Å². The Balaban J connectivity index is 2.57. The number of guanidine groups is 1. The first-order chi connectivity index (χ1) is 9.02. The number of nitrogens with one attached hydrogen (secondary N) is 2. The zero-order chi connectivity index (χ0) is 14.3. The Bertz CT molecular complexity index is 396. The first kappa shape index (κ1) is 16.0. The summed E-state index contributed by atoms with van der Waals surface area (Å²) in [6.45, 7) is 13.2. The molecular formula is C14H26N4S. The lowest BCUT2D eigenvalue weighted by Gasteiger charge is -2.12. The highest BCUT2D eigenvalue weighted by atomic mass is 32.1. The van der Waals surface area contributed by atoms with Gasteiger partial charge < -0.3 is 10.6 Å². The molecule has 0 atom stereocenters. The minimum atomic E-state index is 0.487. The van der Waals surface area contributed by atoms with Gasteiger partial charge >= 0.3 is 0 Å². The summed E-state index contributed by atoms with van der Waals surface area (Å²) in [5.74, 6) is 1.97. The second kappa shape index (κ2) is 8.15. The highest BCUT2D eigenvalue weighted by Crippen LogP contribution is 2.18. The summed E-state index contributed by atoms with van der Waals surface area (Å²) in [5, 5.41) is 9.79. The van der Waals surface area contributed by atoms with E-state index in [0.717, 1.165) is 29.8 Å². The summed E-state index contributed by atoms with van der Waals surface area (Å²) >= 11 is 1.69.